The Bertz CT molecular complexity index is 177. The highest BCUT2D eigenvalue weighted by Gasteiger charge is 2.36. The van der Waals surface area contributed by atoms with Gasteiger partial charge >= 0.3 is 0 Å². The number of hydrogen-bond acceptors (Lipinski definition) is 1. The molecule has 1 heterocycles. The molecule has 70 valence electrons. The Hall–Kier alpha value is -0.530. The van der Waals surface area contributed by atoms with Crippen LogP contribution in [-0.2, 0) is 4.79 Å². The standard InChI is InChI=1S/C10H19NO/c1-6(2)5-9-7(3)8(4)11-10(9)12/h6-9H,5H2,1-4H3,(H,11,12). The number of amides is 1. The molecular formula is C10H19NO. The Morgan fingerprint density at radius 2 is 2.00 bits per heavy atom. The molecule has 1 fully saturated rings. The first kappa shape index (κ1) is 9.56. The van der Waals surface area contributed by atoms with Crippen LogP contribution in [0.4, 0.5) is 0 Å². The van der Waals surface area contributed by atoms with Crippen molar-refractivity contribution < 1.29 is 4.79 Å². The molecule has 0 bridgehead atoms. The minimum atomic E-state index is 0.250. The van der Waals surface area contributed by atoms with Crippen molar-refractivity contribution >= 4 is 5.91 Å². The van der Waals surface area contributed by atoms with Gasteiger partial charge in [-0.05, 0) is 25.2 Å². The largest absolute Gasteiger partial charge is 0.353 e. The summed E-state index contributed by atoms with van der Waals surface area (Å²) in [5, 5.41) is 2.98. The summed E-state index contributed by atoms with van der Waals surface area (Å²) in [7, 11) is 0. The van der Waals surface area contributed by atoms with E-state index in [0.717, 1.165) is 6.42 Å². The molecular weight excluding hydrogens is 150 g/mol. The highest BCUT2D eigenvalue weighted by atomic mass is 16.2. The van der Waals surface area contributed by atoms with Gasteiger partial charge in [0.05, 0.1) is 0 Å². The Morgan fingerprint density at radius 3 is 2.33 bits per heavy atom. The van der Waals surface area contributed by atoms with E-state index in [1.54, 1.807) is 0 Å². The summed E-state index contributed by atoms with van der Waals surface area (Å²) in [5.74, 6) is 1.62. The minimum absolute atomic E-state index is 0.250. The van der Waals surface area contributed by atoms with Crippen LogP contribution in [0.5, 0.6) is 0 Å². The number of carbonyl (C=O) groups is 1. The van der Waals surface area contributed by atoms with Crippen molar-refractivity contribution in [1.82, 2.24) is 5.32 Å². The van der Waals surface area contributed by atoms with Crippen LogP contribution in [0.25, 0.3) is 0 Å². The fourth-order valence-electron chi connectivity index (χ4n) is 1.88. The van der Waals surface area contributed by atoms with Crippen LogP contribution in [0.1, 0.15) is 34.1 Å². The molecule has 2 nitrogen and oxygen atoms in total. The van der Waals surface area contributed by atoms with Crippen molar-refractivity contribution in [3.63, 3.8) is 0 Å². The normalized spacial score (nSPS) is 35.8. The molecule has 3 atom stereocenters. The minimum Gasteiger partial charge on any atom is -0.353 e. The van der Waals surface area contributed by atoms with E-state index in [-0.39, 0.29) is 11.8 Å². The Morgan fingerprint density at radius 1 is 1.42 bits per heavy atom. The van der Waals surface area contributed by atoms with Crippen LogP contribution in [0.3, 0.4) is 0 Å². The zero-order chi connectivity index (χ0) is 9.30. The van der Waals surface area contributed by atoms with Crippen LogP contribution >= 0.6 is 0 Å². The maximum atomic E-state index is 11.4. The predicted molar refractivity (Wildman–Crippen MR) is 49.7 cm³/mol. The monoisotopic (exact) mass is 169 g/mol. The first-order valence-electron chi connectivity index (χ1n) is 4.82. The smallest absolute Gasteiger partial charge is 0.223 e. The van der Waals surface area contributed by atoms with Crippen molar-refractivity contribution in [2.75, 3.05) is 0 Å². The molecule has 1 aliphatic heterocycles. The lowest BCUT2D eigenvalue weighted by molar-refractivity contribution is -0.123. The second-order valence-electron chi connectivity index (χ2n) is 4.39. The van der Waals surface area contributed by atoms with Crippen LogP contribution in [0, 0.1) is 17.8 Å². The Balaban J connectivity index is 2.57. The van der Waals surface area contributed by atoms with Gasteiger partial charge < -0.3 is 5.32 Å². The molecule has 1 amide bonds. The SMILES string of the molecule is CC(C)CC1C(=O)NC(C)C1C. The lowest BCUT2D eigenvalue weighted by atomic mass is 9.86. The van der Waals surface area contributed by atoms with E-state index in [1.807, 2.05) is 0 Å². The topological polar surface area (TPSA) is 29.1 Å². The summed E-state index contributed by atoms with van der Waals surface area (Å²) in [6.45, 7) is 8.59. The molecule has 3 unspecified atom stereocenters. The van der Waals surface area contributed by atoms with Crippen molar-refractivity contribution in [3.8, 4) is 0 Å². The van der Waals surface area contributed by atoms with E-state index in [1.165, 1.54) is 0 Å². The van der Waals surface area contributed by atoms with E-state index in [0.29, 0.717) is 17.9 Å². The van der Waals surface area contributed by atoms with E-state index < -0.39 is 0 Å². The Kier molecular flexibility index (Phi) is 2.76. The highest BCUT2D eigenvalue weighted by Crippen LogP contribution is 2.28. The molecule has 0 spiro atoms. The molecule has 0 saturated carbocycles. The van der Waals surface area contributed by atoms with Gasteiger partial charge in [-0.25, -0.2) is 0 Å². The van der Waals surface area contributed by atoms with Crippen molar-refractivity contribution in [3.05, 3.63) is 0 Å². The molecule has 2 heteroatoms. The van der Waals surface area contributed by atoms with E-state index >= 15 is 0 Å². The second kappa shape index (κ2) is 3.46. The van der Waals surface area contributed by atoms with Gasteiger partial charge in [-0.15, -0.1) is 0 Å². The molecule has 0 aromatic carbocycles. The van der Waals surface area contributed by atoms with Gasteiger partial charge in [0.25, 0.3) is 0 Å². The molecule has 1 N–H and O–H groups in total. The van der Waals surface area contributed by atoms with Crippen LogP contribution < -0.4 is 5.32 Å². The van der Waals surface area contributed by atoms with Crippen molar-refractivity contribution in [1.29, 1.82) is 0 Å². The van der Waals surface area contributed by atoms with E-state index in [2.05, 4.69) is 33.0 Å². The molecule has 0 radical (unpaired) electrons. The molecule has 0 aliphatic carbocycles. The summed E-state index contributed by atoms with van der Waals surface area (Å²) < 4.78 is 0. The van der Waals surface area contributed by atoms with Gasteiger partial charge in [-0.2, -0.15) is 0 Å². The van der Waals surface area contributed by atoms with Gasteiger partial charge in [0.1, 0.15) is 0 Å². The van der Waals surface area contributed by atoms with Crippen molar-refractivity contribution in [2.45, 2.75) is 40.2 Å². The van der Waals surface area contributed by atoms with Gasteiger partial charge in [0.15, 0.2) is 0 Å². The summed E-state index contributed by atoms with van der Waals surface area (Å²) in [5.41, 5.74) is 0. The summed E-state index contributed by atoms with van der Waals surface area (Å²) in [6, 6.07) is 0.362. The fourth-order valence-corrected chi connectivity index (χ4v) is 1.88. The van der Waals surface area contributed by atoms with Crippen LogP contribution in [-0.4, -0.2) is 11.9 Å². The Labute approximate surface area is 74.7 Å². The number of carbonyl (C=O) groups excluding carboxylic acids is 1. The predicted octanol–water partition coefficient (Wildman–Crippen LogP) is 1.80. The third-order valence-electron chi connectivity index (χ3n) is 2.86. The highest BCUT2D eigenvalue weighted by molar-refractivity contribution is 5.81. The lowest BCUT2D eigenvalue weighted by Crippen LogP contribution is -2.24. The van der Waals surface area contributed by atoms with E-state index in [9.17, 15) is 4.79 Å². The average Bonchev–Trinajstić information content (AvgIpc) is 2.16. The molecule has 1 saturated heterocycles. The molecule has 0 aromatic heterocycles. The van der Waals surface area contributed by atoms with Gasteiger partial charge in [-0.1, -0.05) is 20.8 Å². The van der Waals surface area contributed by atoms with Crippen LogP contribution in [0.15, 0.2) is 0 Å². The second-order valence-corrected chi connectivity index (χ2v) is 4.39. The van der Waals surface area contributed by atoms with Gasteiger partial charge in [0, 0.05) is 12.0 Å². The summed E-state index contributed by atoms with van der Waals surface area (Å²) >= 11 is 0. The van der Waals surface area contributed by atoms with Crippen LogP contribution in [0.2, 0.25) is 0 Å². The first-order valence-corrected chi connectivity index (χ1v) is 4.82. The number of nitrogens with one attached hydrogen (secondary N) is 1. The third kappa shape index (κ3) is 1.79. The number of rotatable bonds is 2. The number of hydrogen-bond donors (Lipinski definition) is 1. The zero-order valence-electron chi connectivity index (χ0n) is 8.42. The summed E-state index contributed by atoms with van der Waals surface area (Å²) in [6.07, 6.45) is 1.03. The van der Waals surface area contributed by atoms with E-state index in [4.69, 9.17) is 0 Å². The quantitative estimate of drug-likeness (QED) is 0.671. The summed E-state index contributed by atoms with van der Waals surface area (Å²) in [4.78, 5) is 11.4. The third-order valence-corrected chi connectivity index (χ3v) is 2.86. The molecule has 1 aliphatic rings. The lowest BCUT2D eigenvalue weighted by Gasteiger charge is -2.16. The van der Waals surface area contributed by atoms with Crippen molar-refractivity contribution in [2.24, 2.45) is 17.8 Å². The van der Waals surface area contributed by atoms with Gasteiger partial charge in [-0.3, -0.25) is 4.79 Å². The molecule has 1 rings (SSSR count). The molecule has 12 heavy (non-hydrogen) atoms. The van der Waals surface area contributed by atoms with Gasteiger partial charge in [0.2, 0.25) is 5.91 Å². The maximum absolute atomic E-state index is 11.4. The molecule has 0 aromatic rings. The zero-order valence-corrected chi connectivity index (χ0v) is 8.42. The maximum Gasteiger partial charge on any atom is 0.223 e. The fraction of sp³-hybridized carbons (Fsp3) is 0.900. The average molecular weight is 169 g/mol. The first-order chi connectivity index (χ1) is 5.52.